The molecule has 2 aliphatic heterocycles. The first-order chi connectivity index (χ1) is 11.6. The van der Waals surface area contributed by atoms with Gasteiger partial charge in [-0.2, -0.15) is 0 Å². The standard InChI is InChI=1S/C21H33NO2/c1-13-6-5-8-16(22-13)10-11-18-17-9-4-3-7-15(17)12-19-20(18)14(2)24-21(19)23/h10-11,13-20,22H,3-9,12H2,1-2H3/b11-10+/t13-,14+,15-,16+,17+,18-,19+,20-/m1/s1. The van der Waals surface area contributed by atoms with Crippen molar-refractivity contribution in [3.63, 3.8) is 0 Å². The molecule has 3 nitrogen and oxygen atoms in total. The maximum absolute atomic E-state index is 12.3. The highest BCUT2D eigenvalue weighted by Crippen LogP contribution is 2.53. The number of esters is 1. The van der Waals surface area contributed by atoms with Gasteiger partial charge in [-0.25, -0.2) is 0 Å². The summed E-state index contributed by atoms with van der Waals surface area (Å²) < 4.78 is 5.66. The highest BCUT2D eigenvalue weighted by atomic mass is 16.6. The van der Waals surface area contributed by atoms with Gasteiger partial charge in [-0.1, -0.05) is 37.8 Å². The number of rotatable bonds is 2. The van der Waals surface area contributed by atoms with E-state index in [0.29, 0.717) is 23.9 Å². The SMILES string of the molecule is C[C@@H]1CCC[C@@H](/C=C/[C@@H]2[C@H]3CCCC[C@@H]3C[C@@H]3C(=O)O[C@@H](C)[C@H]23)N1. The molecule has 0 bridgehead atoms. The minimum atomic E-state index is 0.0827. The smallest absolute Gasteiger partial charge is 0.309 e. The molecule has 24 heavy (non-hydrogen) atoms. The summed E-state index contributed by atoms with van der Waals surface area (Å²) in [7, 11) is 0. The molecule has 0 radical (unpaired) electrons. The van der Waals surface area contributed by atoms with E-state index in [0.717, 1.165) is 18.3 Å². The molecule has 4 aliphatic rings. The van der Waals surface area contributed by atoms with Crippen LogP contribution in [0.1, 0.15) is 65.2 Å². The van der Waals surface area contributed by atoms with Gasteiger partial charge in [0.1, 0.15) is 6.10 Å². The van der Waals surface area contributed by atoms with Crippen LogP contribution in [0, 0.1) is 29.6 Å². The van der Waals surface area contributed by atoms with Crippen LogP contribution in [-0.2, 0) is 9.53 Å². The van der Waals surface area contributed by atoms with Gasteiger partial charge in [0.25, 0.3) is 0 Å². The van der Waals surface area contributed by atoms with Gasteiger partial charge in [0, 0.05) is 18.0 Å². The van der Waals surface area contributed by atoms with Crippen LogP contribution in [-0.4, -0.2) is 24.2 Å². The van der Waals surface area contributed by atoms with Gasteiger partial charge in [-0.3, -0.25) is 4.79 Å². The van der Waals surface area contributed by atoms with Crippen molar-refractivity contribution in [2.24, 2.45) is 29.6 Å². The summed E-state index contributed by atoms with van der Waals surface area (Å²) in [6, 6.07) is 1.15. The molecule has 2 saturated heterocycles. The number of nitrogens with one attached hydrogen (secondary N) is 1. The summed E-state index contributed by atoms with van der Waals surface area (Å²) >= 11 is 0. The molecule has 0 aromatic rings. The molecule has 2 heterocycles. The van der Waals surface area contributed by atoms with E-state index in [-0.39, 0.29) is 18.0 Å². The first kappa shape index (κ1) is 16.6. The molecule has 0 amide bonds. The van der Waals surface area contributed by atoms with Gasteiger partial charge < -0.3 is 10.1 Å². The molecule has 0 spiro atoms. The lowest BCUT2D eigenvalue weighted by atomic mass is 9.57. The van der Waals surface area contributed by atoms with Crippen molar-refractivity contribution >= 4 is 5.97 Å². The number of piperidine rings is 1. The second-order valence-electron chi connectivity index (χ2n) is 8.84. The minimum Gasteiger partial charge on any atom is -0.462 e. The lowest BCUT2D eigenvalue weighted by molar-refractivity contribution is -0.144. The summed E-state index contributed by atoms with van der Waals surface area (Å²) in [5.74, 6) is 2.70. The van der Waals surface area contributed by atoms with Crippen molar-refractivity contribution in [3.8, 4) is 0 Å². The topological polar surface area (TPSA) is 38.3 Å². The van der Waals surface area contributed by atoms with Gasteiger partial charge in [-0.15, -0.1) is 0 Å². The molecule has 8 atom stereocenters. The van der Waals surface area contributed by atoms with Crippen molar-refractivity contribution in [1.29, 1.82) is 0 Å². The lowest BCUT2D eigenvalue weighted by Crippen LogP contribution is -2.43. The van der Waals surface area contributed by atoms with Crippen LogP contribution in [0.25, 0.3) is 0 Å². The van der Waals surface area contributed by atoms with Crippen molar-refractivity contribution in [2.45, 2.75) is 83.4 Å². The molecule has 3 heteroatoms. The van der Waals surface area contributed by atoms with E-state index >= 15 is 0 Å². The van der Waals surface area contributed by atoms with Crippen LogP contribution >= 0.6 is 0 Å². The zero-order valence-electron chi connectivity index (χ0n) is 15.2. The lowest BCUT2D eigenvalue weighted by Gasteiger charge is -2.46. The van der Waals surface area contributed by atoms with Crippen LogP contribution in [0.4, 0.5) is 0 Å². The molecule has 2 saturated carbocycles. The largest absolute Gasteiger partial charge is 0.462 e. The number of hydrogen-bond acceptors (Lipinski definition) is 3. The first-order valence-corrected chi connectivity index (χ1v) is 10.3. The maximum atomic E-state index is 12.3. The Labute approximate surface area is 146 Å². The Hall–Kier alpha value is -0.830. The Morgan fingerprint density at radius 1 is 1.04 bits per heavy atom. The zero-order chi connectivity index (χ0) is 16.7. The van der Waals surface area contributed by atoms with E-state index in [4.69, 9.17) is 4.74 Å². The number of fused-ring (bicyclic) bond motifs is 2. The molecule has 2 aliphatic carbocycles. The molecule has 134 valence electrons. The summed E-state index contributed by atoms with van der Waals surface area (Å²) in [6.07, 6.45) is 15.4. The van der Waals surface area contributed by atoms with E-state index in [1.54, 1.807) is 0 Å². The highest BCUT2D eigenvalue weighted by molar-refractivity contribution is 5.75. The van der Waals surface area contributed by atoms with Crippen LogP contribution < -0.4 is 5.32 Å². The van der Waals surface area contributed by atoms with Crippen molar-refractivity contribution in [2.75, 3.05) is 0 Å². The van der Waals surface area contributed by atoms with E-state index in [1.165, 1.54) is 44.9 Å². The fraction of sp³-hybridized carbons (Fsp3) is 0.857. The van der Waals surface area contributed by atoms with Crippen molar-refractivity contribution in [3.05, 3.63) is 12.2 Å². The Morgan fingerprint density at radius 3 is 2.71 bits per heavy atom. The predicted octanol–water partition coefficient (Wildman–Crippen LogP) is 4.08. The van der Waals surface area contributed by atoms with Crippen LogP contribution in [0.15, 0.2) is 12.2 Å². The molecule has 4 rings (SSSR count). The van der Waals surface area contributed by atoms with Crippen molar-refractivity contribution < 1.29 is 9.53 Å². The van der Waals surface area contributed by atoms with E-state index < -0.39 is 0 Å². The van der Waals surface area contributed by atoms with Gasteiger partial charge in [0.2, 0.25) is 0 Å². The number of hydrogen-bond donors (Lipinski definition) is 1. The zero-order valence-corrected chi connectivity index (χ0v) is 15.2. The van der Waals surface area contributed by atoms with Crippen LogP contribution in [0.5, 0.6) is 0 Å². The van der Waals surface area contributed by atoms with Gasteiger partial charge in [0.15, 0.2) is 0 Å². The Balaban J connectivity index is 1.55. The molecule has 4 fully saturated rings. The van der Waals surface area contributed by atoms with Gasteiger partial charge >= 0.3 is 5.97 Å². The fourth-order valence-electron chi connectivity index (χ4n) is 6.18. The third-order valence-corrected chi connectivity index (χ3v) is 7.29. The molecule has 1 N–H and O–H groups in total. The molecule has 0 aromatic heterocycles. The monoisotopic (exact) mass is 331 g/mol. The molecule has 0 aromatic carbocycles. The minimum absolute atomic E-state index is 0.0827. The summed E-state index contributed by atoms with van der Waals surface area (Å²) in [4.78, 5) is 12.3. The van der Waals surface area contributed by atoms with Crippen LogP contribution in [0.2, 0.25) is 0 Å². The van der Waals surface area contributed by atoms with Gasteiger partial charge in [-0.05, 0) is 57.3 Å². The summed E-state index contributed by atoms with van der Waals surface area (Å²) in [5, 5.41) is 3.72. The molecular formula is C21H33NO2. The third-order valence-electron chi connectivity index (χ3n) is 7.29. The Bertz CT molecular complexity index is 502. The summed E-state index contributed by atoms with van der Waals surface area (Å²) in [5.41, 5.74) is 0. The highest BCUT2D eigenvalue weighted by Gasteiger charge is 2.53. The fourth-order valence-corrected chi connectivity index (χ4v) is 6.18. The Kier molecular flexibility index (Phi) is 4.73. The quantitative estimate of drug-likeness (QED) is 0.612. The van der Waals surface area contributed by atoms with Crippen LogP contribution in [0.3, 0.4) is 0 Å². The Morgan fingerprint density at radius 2 is 1.88 bits per heavy atom. The number of allylic oxidation sites excluding steroid dienone is 1. The van der Waals surface area contributed by atoms with E-state index in [1.807, 2.05) is 0 Å². The summed E-state index contributed by atoms with van der Waals surface area (Å²) in [6.45, 7) is 4.41. The average molecular weight is 332 g/mol. The average Bonchev–Trinajstić information content (AvgIpc) is 2.86. The number of carbonyl (C=O) groups excluding carboxylic acids is 1. The molecular weight excluding hydrogens is 298 g/mol. The second kappa shape index (κ2) is 6.82. The molecule has 0 unspecified atom stereocenters. The maximum Gasteiger partial charge on any atom is 0.309 e. The number of cyclic esters (lactones) is 1. The van der Waals surface area contributed by atoms with E-state index in [2.05, 4.69) is 31.3 Å². The number of ether oxygens (including phenoxy) is 1. The first-order valence-electron chi connectivity index (χ1n) is 10.3. The van der Waals surface area contributed by atoms with E-state index in [9.17, 15) is 4.79 Å². The normalized spacial score (nSPS) is 48.8. The predicted molar refractivity (Wildman–Crippen MR) is 95.5 cm³/mol. The second-order valence-corrected chi connectivity index (χ2v) is 8.84. The number of carbonyl (C=O) groups is 1. The van der Waals surface area contributed by atoms with Crippen molar-refractivity contribution in [1.82, 2.24) is 5.32 Å². The van der Waals surface area contributed by atoms with Gasteiger partial charge in [0.05, 0.1) is 5.92 Å². The third kappa shape index (κ3) is 3.05.